The van der Waals surface area contributed by atoms with Crippen molar-refractivity contribution in [2.45, 2.75) is 122 Å². The third-order valence-corrected chi connectivity index (χ3v) is 11.3. The molecule has 0 aliphatic carbocycles. The van der Waals surface area contributed by atoms with Gasteiger partial charge in [0.15, 0.2) is 5.96 Å². The minimum absolute atomic E-state index is 0.0440. The molecular formula is C43H65F2N13O10. The number of likely N-dealkylation sites (N-methyl/N-ethyl adjacent to an activating group) is 1. The number of carbonyl (C=O) groups excluding carboxylic acids is 7. The zero-order valence-corrected chi connectivity index (χ0v) is 39.0. The lowest BCUT2D eigenvalue weighted by Gasteiger charge is -2.32. The standard InChI is InChI=1S/C43H65F2N13O10/c1-7-22(4)35(40(65)55-31(14-24-18-49-20-51-24)41(66)58-13-9-11-32(58)38(63)52-23(5)42(67)68)57-37(62)30(17-26-27(44)15-25(59)16-28(26)45)54-39(64)34(21(2)3)56-36(61)29(53-33(60)19-48-6)10-8-12-50-43(46)47/h15-16,18,20-23,29-32,34-35,48,59H,7-14,17,19H2,1-6H3,(H,49,51)(H,52,63)(H,53,60)(H,54,64)(H,55,65)(H,56,61)(H,57,62)(H,67,68)(H4,46,47,50)/t22-,23+,29-,30-,31-,32-,34-,35-/m0/s1. The predicted octanol–water partition coefficient (Wildman–Crippen LogP) is -1.84. The molecule has 25 heteroatoms. The van der Waals surface area contributed by atoms with Crippen molar-refractivity contribution in [1.82, 2.24) is 52.1 Å². The first-order valence-electron chi connectivity index (χ1n) is 22.3. The number of aliphatic carboxylic acids is 1. The molecule has 1 aliphatic heterocycles. The van der Waals surface area contributed by atoms with Gasteiger partial charge in [0.05, 0.1) is 12.9 Å². The maximum Gasteiger partial charge on any atom is 0.325 e. The number of phenolic OH excluding ortho intramolecular Hbond substituents is 1. The molecule has 376 valence electrons. The molecule has 7 amide bonds. The van der Waals surface area contributed by atoms with Crippen LogP contribution in [-0.4, -0.2) is 147 Å². The van der Waals surface area contributed by atoms with Gasteiger partial charge in [-0.15, -0.1) is 0 Å². The van der Waals surface area contributed by atoms with Gasteiger partial charge in [0, 0.05) is 55.5 Å². The van der Waals surface area contributed by atoms with E-state index in [1.165, 1.54) is 31.4 Å². The van der Waals surface area contributed by atoms with Crippen LogP contribution in [0.2, 0.25) is 0 Å². The second-order valence-electron chi connectivity index (χ2n) is 17.0. The fraction of sp³-hybridized carbons (Fsp3) is 0.581. The lowest BCUT2D eigenvalue weighted by molar-refractivity contribution is -0.144. The van der Waals surface area contributed by atoms with Crippen molar-refractivity contribution in [1.29, 1.82) is 0 Å². The number of imidazole rings is 1. The summed E-state index contributed by atoms with van der Waals surface area (Å²) < 4.78 is 30.6. The first-order valence-corrected chi connectivity index (χ1v) is 22.3. The topological polar surface area (TPSA) is 358 Å². The van der Waals surface area contributed by atoms with Gasteiger partial charge in [-0.05, 0) is 51.5 Å². The van der Waals surface area contributed by atoms with Gasteiger partial charge in [-0.25, -0.2) is 13.8 Å². The number of nitrogens with one attached hydrogen (secondary N) is 8. The number of carboxylic acids is 1. The number of carboxylic acid groups (broad SMARTS) is 1. The molecule has 1 aliphatic rings. The summed E-state index contributed by atoms with van der Waals surface area (Å²) in [5, 5.41) is 37.1. The molecule has 1 fully saturated rings. The number of H-pyrrole nitrogens is 1. The van der Waals surface area contributed by atoms with E-state index in [-0.39, 0.29) is 57.7 Å². The van der Waals surface area contributed by atoms with Crippen molar-refractivity contribution >= 4 is 53.3 Å². The molecule has 0 saturated carbocycles. The molecule has 1 aromatic heterocycles. The molecule has 2 aromatic rings. The number of guanidine groups is 1. The highest BCUT2D eigenvalue weighted by Gasteiger charge is 2.41. The number of phenols is 1. The first kappa shape index (κ1) is 55.4. The number of aliphatic imine (C=N–C) groups is 1. The van der Waals surface area contributed by atoms with Crippen molar-refractivity contribution in [2.24, 2.45) is 28.3 Å². The third kappa shape index (κ3) is 16.4. The maximum atomic E-state index is 15.3. The summed E-state index contributed by atoms with van der Waals surface area (Å²) in [6.45, 7) is 7.82. The molecule has 0 unspecified atom stereocenters. The number of hydrogen-bond donors (Lipinski definition) is 12. The third-order valence-electron chi connectivity index (χ3n) is 11.3. The Bertz CT molecular complexity index is 2100. The summed E-state index contributed by atoms with van der Waals surface area (Å²) in [5.41, 5.74) is 10.5. The number of carbonyl (C=O) groups is 8. The minimum Gasteiger partial charge on any atom is -0.508 e. The van der Waals surface area contributed by atoms with Gasteiger partial charge >= 0.3 is 5.97 Å². The lowest BCUT2D eigenvalue weighted by atomic mass is 9.96. The predicted molar refractivity (Wildman–Crippen MR) is 242 cm³/mol. The van der Waals surface area contributed by atoms with Gasteiger partial charge in [-0.1, -0.05) is 34.1 Å². The van der Waals surface area contributed by atoms with E-state index in [0.29, 0.717) is 24.2 Å². The van der Waals surface area contributed by atoms with E-state index in [9.17, 15) is 48.6 Å². The van der Waals surface area contributed by atoms with E-state index in [1.807, 2.05) is 0 Å². The Morgan fingerprint density at radius 1 is 0.868 bits per heavy atom. The van der Waals surface area contributed by atoms with Crippen LogP contribution < -0.4 is 48.7 Å². The van der Waals surface area contributed by atoms with Crippen LogP contribution >= 0.6 is 0 Å². The zero-order chi connectivity index (χ0) is 50.8. The molecule has 2 heterocycles. The number of aromatic hydroxyl groups is 1. The summed E-state index contributed by atoms with van der Waals surface area (Å²) >= 11 is 0. The van der Waals surface area contributed by atoms with Gasteiger partial charge < -0.3 is 68.8 Å². The van der Waals surface area contributed by atoms with Crippen molar-refractivity contribution in [2.75, 3.05) is 26.7 Å². The molecule has 68 heavy (non-hydrogen) atoms. The maximum absolute atomic E-state index is 15.3. The Labute approximate surface area is 392 Å². The van der Waals surface area contributed by atoms with Crippen molar-refractivity contribution in [3.63, 3.8) is 0 Å². The van der Waals surface area contributed by atoms with Crippen molar-refractivity contribution in [3.8, 4) is 5.75 Å². The lowest BCUT2D eigenvalue weighted by Crippen LogP contribution is -2.62. The molecule has 23 nitrogen and oxygen atoms in total. The number of halogens is 2. The summed E-state index contributed by atoms with van der Waals surface area (Å²) in [4.78, 5) is 120. The molecule has 3 rings (SSSR count). The van der Waals surface area contributed by atoms with Crippen LogP contribution in [0.5, 0.6) is 5.75 Å². The Morgan fingerprint density at radius 2 is 1.49 bits per heavy atom. The summed E-state index contributed by atoms with van der Waals surface area (Å²) in [5.74, 6) is -11.8. The molecule has 0 radical (unpaired) electrons. The van der Waals surface area contributed by atoms with E-state index in [0.717, 1.165) is 0 Å². The van der Waals surface area contributed by atoms with Crippen LogP contribution in [-0.2, 0) is 51.2 Å². The Morgan fingerprint density at radius 3 is 2.06 bits per heavy atom. The summed E-state index contributed by atoms with van der Waals surface area (Å²) in [7, 11) is 1.52. The van der Waals surface area contributed by atoms with Crippen molar-refractivity contribution in [3.05, 3.63) is 47.5 Å². The fourth-order valence-electron chi connectivity index (χ4n) is 7.33. The van der Waals surface area contributed by atoms with Crippen LogP contribution in [0.1, 0.15) is 78.0 Å². The van der Waals surface area contributed by atoms with Gasteiger partial charge in [0.25, 0.3) is 0 Å². The van der Waals surface area contributed by atoms with E-state index in [4.69, 9.17) is 11.5 Å². The van der Waals surface area contributed by atoms with E-state index < -0.39 is 131 Å². The summed E-state index contributed by atoms with van der Waals surface area (Å²) in [6, 6.07) is -8.31. The number of likely N-dealkylation sites (tertiary alicyclic amines) is 1. The first-order chi connectivity index (χ1) is 32.1. The Kier molecular flexibility index (Phi) is 21.5. The number of amides is 7. The number of aromatic nitrogens is 2. The van der Waals surface area contributed by atoms with Crippen LogP contribution in [0.3, 0.4) is 0 Å². The molecule has 8 atom stereocenters. The zero-order valence-electron chi connectivity index (χ0n) is 39.0. The summed E-state index contributed by atoms with van der Waals surface area (Å²) in [6.07, 6.45) is 2.93. The molecule has 1 aromatic carbocycles. The second-order valence-corrected chi connectivity index (χ2v) is 17.0. The molecule has 14 N–H and O–H groups in total. The second kappa shape index (κ2) is 26.4. The quantitative estimate of drug-likeness (QED) is 0.0280. The van der Waals surface area contributed by atoms with Gasteiger partial charge in [0.1, 0.15) is 59.7 Å². The highest BCUT2D eigenvalue weighted by molar-refractivity contribution is 5.98. The largest absolute Gasteiger partial charge is 0.508 e. The smallest absolute Gasteiger partial charge is 0.325 e. The van der Waals surface area contributed by atoms with Crippen molar-refractivity contribution < 1.29 is 57.4 Å². The average Bonchev–Trinajstić information content (AvgIpc) is 3.98. The highest BCUT2D eigenvalue weighted by Crippen LogP contribution is 2.23. The molecular weight excluding hydrogens is 897 g/mol. The van der Waals surface area contributed by atoms with Gasteiger partial charge in [-0.3, -0.25) is 43.3 Å². The molecule has 1 saturated heterocycles. The number of nitrogens with two attached hydrogens (primary N) is 2. The molecule has 0 spiro atoms. The fourth-order valence-corrected chi connectivity index (χ4v) is 7.33. The highest BCUT2D eigenvalue weighted by atomic mass is 19.1. The van der Waals surface area contributed by atoms with Crippen LogP contribution in [0.4, 0.5) is 8.78 Å². The van der Waals surface area contributed by atoms with Crippen LogP contribution in [0, 0.1) is 23.5 Å². The number of hydrogen-bond acceptors (Lipinski definition) is 12. The van der Waals surface area contributed by atoms with E-state index >= 15 is 8.78 Å². The molecule has 0 bridgehead atoms. The number of nitrogens with zero attached hydrogens (tertiary/aromatic N) is 3. The van der Waals surface area contributed by atoms with E-state index in [1.54, 1.807) is 27.7 Å². The number of benzene rings is 1. The minimum atomic E-state index is -1.83. The van der Waals surface area contributed by atoms with Gasteiger partial charge in [0.2, 0.25) is 41.4 Å². The number of rotatable bonds is 26. The normalized spacial score (nSPS) is 16.5. The SMILES string of the molecule is CC[C@H](C)[C@H](NC(=O)[C@H](Cc1c(F)cc(O)cc1F)NC(=O)[C@@H](NC(=O)[C@H](CCCN=C(N)N)NC(=O)CNC)C(C)C)C(=O)N[C@@H](Cc1cnc[nH]1)C(=O)N1CCC[C@H]1C(=O)N[C@H](C)C(=O)O. The monoisotopic (exact) mass is 961 g/mol. The van der Waals surface area contributed by atoms with Crippen LogP contribution in [0.15, 0.2) is 29.6 Å². The number of aromatic amines is 1. The van der Waals surface area contributed by atoms with Crippen LogP contribution in [0.25, 0.3) is 0 Å². The Hall–Kier alpha value is -6.92. The van der Waals surface area contributed by atoms with E-state index in [2.05, 4.69) is 52.2 Å². The van der Waals surface area contributed by atoms with Gasteiger partial charge in [-0.2, -0.15) is 0 Å². The Balaban J connectivity index is 1.97. The average molecular weight is 962 g/mol.